The van der Waals surface area contributed by atoms with Crippen LogP contribution < -0.4 is 0 Å². The first kappa shape index (κ1) is 23.3. The van der Waals surface area contributed by atoms with Crippen LogP contribution in [0.5, 0.6) is 0 Å². The lowest BCUT2D eigenvalue weighted by Gasteiger charge is -2.21. The van der Waals surface area contributed by atoms with Crippen molar-refractivity contribution in [3.05, 3.63) is 58.9 Å². The minimum absolute atomic E-state index is 0.0742. The fraction of sp³-hybridized carbons (Fsp3) is 0.458. The molecule has 0 spiro atoms. The molecule has 1 saturated heterocycles. The van der Waals surface area contributed by atoms with Gasteiger partial charge in [-0.25, -0.2) is 8.42 Å². The highest BCUT2D eigenvalue weighted by Gasteiger charge is 2.27. The zero-order chi connectivity index (χ0) is 22.6. The number of sulfonamides is 1. The highest BCUT2D eigenvalue weighted by atomic mass is 32.2. The Morgan fingerprint density at radius 1 is 1.03 bits per heavy atom. The average molecular weight is 444 g/mol. The van der Waals surface area contributed by atoms with Crippen LogP contribution in [0, 0.1) is 20.8 Å². The fourth-order valence-corrected chi connectivity index (χ4v) is 5.51. The second kappa shape index (κ2) is 9.83. The molecule has 1 amide bonds. The smallest absolute Gasteiger partial charge is 0.246 e. The Hall–Kier alpha value is -2.38. The van der Waals surface area contributed by atoms with Crippen molar-refractivity contribution in [2.75, 3.05) is 26.2 Å². The summed E-state index contributed by atoms with van der Waals surface area (Å²) in [6.07, 6.45) is 5.18. The van der Waals surface area contributed by atoms with E-state index in [0.717, 1.165) is 29.8 Å². The van der Waals surface area contributed by atoms with E-state index in [-0.39, 0.29) is 5.91 Å². The third kappa shape index (κ3) is 5.28. The number of carbonyl (C=O) groups excluding carboxylic acids is 1. The maximum absolute atomic E-state index is 13.0. The van der Waals surface area contributed by atoms with Crippen LogP contribution in [0.15, 0.2) is 41.3 Å². The summed E-state index contributed by atoms with van der Waals surface area (Å²) in [5.41, 5.74) is 4.43. The van der Waals surface area contributed by atoms with Crippen molar-refractivity contribution in [3.8, 4) is 0 Å². The van der Waals surface area contributed by atoms with Gasteiger partial charge in [0.1, 0.15) is 0 Å². The molecule has 2 heterocycles. The molecule has 0 aliphatic carbocycles. The molecule has 1 fully saturated rings. The van der Waals surface area contributed by atoms with Crippen molar-refractivity contribution in [3.63, 3.8) is 0 Å². The molecule has 168 valence electrons. The highest BCUT2D eigenvalue weighted by Crippen LogP contribution is 2.20. The van der Waals surface area contributed by atoms with Crippen molar-refractivity contribution >= 4 is 22.0 Å². The van der Waals surface area contributed by atoms with Crippen LogP contribution in [-0.4, -0.2) is 54.3 Å². The monoisotopic (exact) mass is 443 g/mol. The molecular formula is C24H33N3O3S. The Labute approximate surface area is 186 Å². The molecule has 1 aliphatic rings. The molecule has 3 rings (SSSR count). The molecule has 0 unspecified atom stereocenters. The summed E-state index contributed by atoms with van der Waals surface area (Å²) in [7, 11) is -3.55. The number of amides is 1. The second-order valence-corrected chi connectivity index (χ2v) is 10.1. The third-order valence-electron chi connectivity index (χ3n) is 5.89. The van der Waals surface area contributed by atoms with Gasteiger partial charge in [0.15, 0.2) is 0 Å². The predicted molar refractivity (Wildman–Crippen MR) is 124 cm³/mol. The summed E-state index contributed by atoms with van der Waals surface area (Å²) in [5.74, 6) is -0.0742. The number of aryl methyl sites for hydroxylation is 2. The van der Waals surface area contributed by atoms with Crippen LogP contribution in [0.25, 0.3) is 6.08 Å². The number of carbonyl (C=O) groups is 1. The van der Waals surface area contributed by atoms with E-state index in [0.29, 0.717) is 37.5 Å². The summed E-state index contributed by atoms with van der Waals surface area (Å²) in [5, 5.41) is 0. The van der Waals surface area contributed by atoms with Gasteiger partial charge in [0.05, 0.1) is 4.90 Å². The van der Waals surface area contributed by atoms with Gasteiger partial charge in [-0.1, -0.05) is 24.6 Å². The van der Waals surface area contributed by atoms with Crippen molar-refractivity contribution in [2.45, 2.75) is 52.0 Å². The van der Waals surface area contributed by atoms with Crippen LogP contribution in [0.1, 0.15) is 42.3 Å². The molecular weight excluding hydrogens is 410 g/mol. The molecule has 31 heavy (non-hydrogen) atoms. The molecule has 0 bridgehead atoms. The topological polar surface area (TPSA) is 62.6 Å². The number of hydrogen-bond acceptors (Lipinski definition) is 3. The Morgan fingerprint density at radius 3 is 2.42 bits per heavy atom. The lowest BCUT2D eigenvalue weighted by atomic mass is 10.2. The normalized spacial score (nSPS) is 16.1. The van der Waals surface area contributed by atoms with Gasteiger partial charge in [-0.2, -0.15) is 4.31 Å². The summed E-state index contributed by atoms with van der Waals surface area (Å²) < 4.78 is 29.7. The molecule has 0 atom stereocenters. The quantitative estimate of drug-likeness (QED) is 0.639. The number of hydrogen-bond donors (Lipinski definition) is 0. The number of aromatic nitrogens is 1. The largest absolute Gasteiger partial charge is 0.349 e. The lowest BCUT2D eigenvalue weighted by Crippen LogP contribution is -2.36. The van der Waals surface area contributed by atoms with E-state index < -0.39 is 10.0 Å². The molecule has 1 aromatic carbocycles. The third-order valence-corrected chi connectivity index (χ3v) is 7.80. The minimum Gasteiger partial charge on any atom is -0.349 e. The maximum atomic E-state index is 13.0. The number of rotatable bonds is 6. The molecule has 0 radical (unpaired) electrons. The van der Waals surface area contributed by atoms with E-state index in [1.807, 2.05) is 25.1 Å². The SMILES string of the molecule is CCCn1c(C)cc(/C=C/C(=O)N2CCCN(S(=O)(=O)c3ccc(C)cc3)CC2)c1C. The second-order valence-electron chi connectivity index (χ2n) is 8.21. The first-order chi connectivity index (χ1) is 14.7. The maximum Gasteiger partial charge on any atom is 0.246 e. The zero-order valence-corrected chi connectivity index (χ0v) is 19.8. The van der Waals surface area contributed by atoms with Crippen LogP contribution in [-0.2, 0) is 21.4 Å². The minimum atomic E-state index is -3.55. The van der Waals surface area contributed by atoms with Gasteiger partial charge in [-0.3, -0.25) is 4.79 Å². The van der Waals surface area contributed by atoms with Crippen molar-refractivity contribution in [1.29, 1.82) is 0 Å². The van der Waals surface area contributed by atoms with Crippen molar-refractivity contribution in [1.82, 2.24) is 13.8 Å². The van der Waals surface area contributed by atoms with Gasteiger partial charge in [0.25, 0.3) is 0 Å². The Morgan fingerprint density at radius 2 is 1.74 bits per heavy atom. The molecule has 1 aromatic heterocycles. The van der Waals surface area contributed by atoms with E-state index in [9.17, 15) is 13.2 Å². The summed E-state index contributed by atoms with van der Waals surface area (Å²) in [6.45, 7) is 10.9. The van der Waals surface area contributed by atoms with E-state index in [1.54, 1.807) is 23.1 Å². The number of benzene rings is 1. The summed E-state index contributed by atoms with van der Waals surface area (Å²) in [4.78, 5) is 14.8. The van der Waals surface area contributed by atoms with E-state index in [4.69, 9.17) is 0 Å². The molecule has 0 N–H and O–H groups in total. The van der Waals surface area contributed by atoms with Gasteiger partial charge in [-0.05, 0) is 63.5 Å². The van der Waals surface area contributed by atoms with Gasteiger partial charge >= 0.3 is 0 Å². The van der Waals surface area contributed by atoms with Gasteiger partial charge < -0.3 is 9.47 Å². The standard InChI is InChI=1S/C24H33N3O3S/c1-5-13-27-20(3)18-22(21(27)4)9-12-24(28)25-14-6-15-26(17-16-25)31(29,30)23-10-7-19(2)8-11-23/h7-12,18H,5-6,13-17H2,1-4H3/b12-9+. The molecule has 1 aliphatic heterocycles. The number of nitrogens with zero attached hydrogens (tertiary/aromatic N) is 3. The fourth-order valence-electron chi connectivity index (χ4n) is 4.04. The van der Waals surface area contributed by atoms with E-state index in [2.05, 4.69) is 31.4 Å². The Bertz CT molecular complexity index is 1050. The van der Waals surface area contributed by atoms with Crippen LogP contribution in [0.4, 0.5) is 0 Å². The van der Waals surface area contributed by atoms with Gasteiger partial charge in [-0.15, -0.1) is 0 Å². The molecule has 6 nitrogen and oxygen atoms in total. The molecule has 7 heteroatoms. The zero-order valence-electron chi connectivity index (χ0n) is 19.0. The average Bonchev–Trinajstić information content (AvgIpc) is 2.92. The van der Waals surface area contributed by atoms with Gasteiger partial charge in [0, 0.05) is 50.2 Å². The van der Waals surface area contributed by atoms with Crippen LogP contribution >= 0.6 is 0 Å². The highest BCUT2D eigenvalue weighted by molar-refractivity contribution is 7.89. The predicted octanol–water partition coefficient (Wildman–Crippen LogP) is 3.76. The van der Waals surface area contributed by atoms with E-state index in [1.165, 1.54) is 10.00 Å². The summed E-state index contributed by atoms with van der Waals surface area (Å²) >= 11 is 0. The lowest BCUT2D eigenvalue weighted by molar-refractivity contribution is -0.125. The van der Waals surface area contributed by atoms with Gasteiger partial charge in [0.2, 0.25) is 15.9 Å². The molecule has 2 aromatic rings. The van der Waals surface area contributed by atoms with Crippen LogP contribution in [0.2, 0.25) is 0 Å². The first-order valence-corrected chi connectivity index (χ1v) is 12.4. The Kier molecular flexibility index (Phi) is 7.38. The Balaban J connectivity index is 1.67. The van der Waals surface area contributed by atoms with Crippen molar-refractivity contribution in [2.24, 2.45) is 0 Å². The van der Waals surface area contributed by atoms with E-state index >= 15 is 0 Å². The first-order valence-electron chi connectivity index (χ1n) is 10.9. The summed E-state index contributed by atoms with van der Waals surface area (Å²) in [6, 6.07) is 9.02. The molecule has 0 saturated carbocycles. The van der Waals surface area contributed by atoms with Crippen LogP contribution in [0.3, 0.4) is 0 Å². The van der Waals surface area contributed by atoms with Crippen molar-refractivity contribution < 1.29 is 13.2 Å².